The van der Waals surface area contributed by atoms with Crippen LogP contribution in [0.2, 0.25) is 5.02 Å². The standard InChI is InChI=1S/C22H21ClN2O/c1-13-21-20(16-7-3-5-9-19(16)24-21)17(15-6-2-4-8-18(15)23)12-25(13)22(26)14-10-11-14/h2-9,13-14,17,24H,10-12H2,1H3/t13-,17+/m1/s1. The molecule has 1 saturated carbocycles. The number of amides is 1. The smallest absolute Gasteiger partial charge is 0.226 e. The number of H-pyrrole nitrogens is 1. The number of carbonyl (C=O) groups is 1. The van der Waals surface area contributed by atoms with Crippen LogP contribution < -0.4 is 0 Å². The van der Waals surface area contributed by atoms with Gasteiger partial charge in [-0.1, -0.05) is 48.0 Å². The predicted molar refractivity (Wildman–Crippen MR) is 104 cm³/mol. The maximum atomic E-state index is 12.9. The molecule has 2 heterocycles. The first-order valence-electron chi connectivity index (χ1n) is 9.30. The Kier molecular flexibility index (Phi) is 3.61. The highest BCUT2D eigenvalue weighted by Gasteiger charge is 2.42. The minimum absolute atomic E-state index is 0.0595. The Morgan fingerprint density at radius 1 is 1.12 bits per heavy atom. The van der Waals surface area contributed by atoms with E-state index in [1.165, 1.54) is 10.9 Å². The highest BCUT2D eigenvalue weighted by molar-refractivity contribution is 6.31. The fourth-order valence-electron chi connectivity index (χ4n) is 4.35. The Hall–Kier alpha value is -2.26. The van der Waals surface area contributed by atoms with Gasteiger partial charge in [-0.05, 0) is 43.0 Å². The number of aromatic amines is 1. The summed E-state index contributed by atoms with van der Waals surface area (Å²) in [6.07, 6.45) is 2.05. The molecule has 1 aromatic heterocycles. The molecule has 0 spiro atoms. The number of rotatable bonds is 2. The summed E-state index contributed by atoms with van der Waals surface area (Å²) >= 11 is 6.57. The van der Waals surface area contributed by atoms with E-state index in [4.69, 9.17) is 11.6 Å². The number of fused-ring (bicyclic) bond motifs is 3. The molecular formula is C22H21ClN2O. The van der Waals surface area contributed by atoms with Gasteiger partial charge in [-0.3, -0.25) is 4.79 Å². The zero-order valence-electron chi connectivity index (χ0n) is 14.7. The summed E-state index contributed by atoms with van der Waals surface area (Å²) in [5, 5.41) is 2.00. The van der Waals surface area contributed by atoms with Crippen LogP contribution in [0.1, 0.15) is 48.5 Å². The van der Waals surface area contributed by atoms with E-state index < -0.39 is 0 Å². The monoisotopic (exact) mass is 364 g/mol. The van der Waals surface area contributed by atoms with Gasteiger partial charge in [-0.15, -0.1) is 0 Å². The molecule has 0 bridgehead atoms. The number of halogens is 1. The number of hydrogen-bond acceptors (Lipinski definition) is 1. The predicted octanol–water partition coefficient (Wildman–Crippen LogP) is 5.27. The van der Waals surface area contributed by atoms with Gasteiger partial charge in [-0.2, -0.15) is 0 Å². The number of nitrogens with one attached hydrogen (secondary N) is 1. The second-order valence-electron chi connectivity index (χ2n) is 7.51. The molecule has 5 rings (SSSR count). The van der Waals surface area contributed by atoms with Crippen molar-refractivity contribution in [3.05, 3.63) is 70.4 Å². The molecule has 3 nitrogen and oxygen atoms in total. The lowest BCUT2D eigenvalue weighted by Crippen LogP contribution is -2.42. The normalized spacial score (nSPS) is 22.5. The summed E-state index contributed by atoms with van der Waals surface area (Å²) in [5.41, 5.74) is 4.67. The van der Waals surface area contributed by atoms with E-state index in [0.29, 0.717) is 12.5 Å². The molecule has 2 aliphatic rings. The molecule has 0 radical (unpaired) electrons. The van der Waals surface area contributed by atoms with Crippen molar-refractivity contribution in [2.45, 2.75) is 31.7 Å². The lowest BCUT2D eigenvalue weighted by molar-refractivity contribution is -0.135. The fourth-order valence-corrected chi connectivity index (χ4v) is 4.62. The van der Waals surface area contributed by atoms with Crippen molar-refractivity contribution >= 4 is 28.4 Å². The average molecular weight is 365 g/mol. The maximum absolute atomic E-state index is 12.9. The molecular weight excluding hydrogens is 344 g/mol. The lowest BCUT2D eigenvalue weighted by atomic mass is 9.83. The first kappa shape index (κ1) is 16.0. The van der Waals surface area contributed by atoms with Crippen LogP contribution >= 0.6 is 11.6 Å². The van der Waals surface area contributed by atoms with E-state index in [1.807, 2.05) is 24.3 Å². The van der Waals surface area contributed by atoms with Gasteiger partial charge in [0.2, 0.25) is 5.91 Å². The second-order valence-corrected chi connectivity index (χ2v) is 7.92. The highest BCUT2D eigenvalue weighted by atomic mass is 35.5. The van der Waals surface area contributed by atoms with Crippen molar-refractivity contribution in [3.63, 3.8) is 0 Å². The summed E-state index contributed by atoms with van der Waals surface area (Å²) in [7, 11) is 0. The third-order valence-electron chi connectivity index (χ3n) is 5.88. The Morgan fingerprint density at radius 2 is 1.85 bits per heavy atom. The molecule has 3 aromatic rings. The number of benzene rings is 2. The Balaban J connectivity index is 1.71. The van der Waals surface area contributed by atoms with Gasteiger partial charge >= 0.3 is 0 Å². The third kappa shape index (κ3) is 2.38. The first-order valence-corrected chi connectivity index (χ1v) is 9.68. The third-order valence-corrected chi connectivity index (χ3v) is 6.22. The summed E-state index contributed by atoms with van der Waals surface area (Å²) in [4.78, 5) is 18.6. The quantitative estimate of drug-likeness (QED) is 0.661. The zero-order chi connectivity index (χ0) is 17.8. The molecule has 1 aliphatic carbocycles. The van der Waals surface area contributed by atoms with Crippen LogP contribution in [0, 0.1) is 5.92 Å². The second kappa shape index (κ2) is 5.88. The Morgan fingerprint density at radius 3 is 2.62 bits per heavy atom. The topological polar surface area (TPSA) is 36.1 Å². The summed E-state index contributed by atoms with van der Waals surface area (Å²) in [5.74, 6) is 0.600. The van der Waals surface area contributed by atoms with E-state index >= 15 is 0 Å². The van der Waals surface area contributed by atoms with Crippen molar-refractivity contribution in [1.82, 2.24) is 9.88 Å². The zero-order valence-corrected chi connectivity index (χ0v) is 15.5. The van der Waals surface area contributed by atoms with Gasteiger partial charge in [0.15, 0.2) is 0 Å². The minimum Gasteiger partial charge on any atom is -0.356 e. The van der Waals surface area contributed by atoms with Crippen molar-refractivity contribution < 1.29 is 4.79 Å². The van der Waals surface area contributed by atoms with Gasteiger partial charge < -0.3 is 9.88 Å². The van der Waals surface area contributed by atoms with Gasteiger partial charge in [-0.25, -0.2) is 0 Å². The van der Waals surface area contributed by atoms with Crippen LogP contribution in [0.5, 0.6) is 0 Å². The van der Waals surface area contributed by atoms with Crippen molar-refractivity contribution in [1.29, 1.82) is 0 Å². The number of para-hydroxylation sites is 1. The Labute approximate surface area is 158 Å². The summed E-state index contributed by atoms with van der Waals surface area (Å²) in [6, 6.07) is 16.5. The van der Waals surface area contributed by atoms with E-state index in [9.17, 15) is 4.79 Å². The number of hydrogen-bond donors (Lipinski definition) is 1. The van der Waals surface area contributed by atoms with Gasteiger partial charge in [0.25, 0.3) is 0 Å². The molecule has 1 fully saturated rings. The van der Waals surface area contributed by atoms with Crippen molar-refractivity contribution in [3.8, 4) is 0 Å². The fraction of sp³-hybridized carbons (Fsp3) is 0.318. The van der Waals surface area contributed by atoms with Gasteiger partial charge in [0.1, 0.15) is 0 Å². The van der Waals surface area contributed by atoms with Crippen LogP contribution in [-0.4, -0.2) is 22.3 Å². The van der Waals surface area contributed by atoms with Crippen LogP contribution in [-0.2, 0) is 4.79 Å². The SMILES string of the molecule is C[C@@H]1c2[nH]c3ccccc3c2[C@H](c2ccccc2Cl)CN1C(=O)C1CC1. The van der Waals surface area contributed by atoms with Crippen LogP contribution in [0.25, 0.3) is 10.9 Å². The molecule has 2 atom stereocenters. The van der Waals surface area contributed by atoms with Crippen molar-refractivity contribution in [2.24, 2.45) is 5.92 Å². The molecule has 26 heavy (non-hydrogen) atoms. The molecule has 2 aromatic carbocycles. The van der Waals surface area contributed by atoms with E-state index in [-0.39, 0.29) is 17.9 Å². The molecule has 1 N–H and O–H groups in total. The lowest BCUT2D eigenvalue weighted by Gasteiger charge is -2.39. The van der Waals surface area contributed by atoms with Gasteiger partial charge in [0, 0.05) is 40.0 Å². The highest BCUT2D eigenvalue weighted by Crippen LogP contribution is 2.46. The molecule has 1 aliphatic heterocycles. The minimum atomic E-state index is 0.0595. The first-order chi connectivity index (χ1) is 12.6. The molecule has 132 valence electrons. The number of carbonyl (C=O) groups excluding carboxylic acids is 1. The van der Waals surface area contributed by atoms with Crippen LogP contribution in [0.3, 0.4) is 0 Å². The van der Waals surface area contributed by atoms with E-state index in [2.05, 4.69) is 41.1 Å². The summed E-state index contributed by atoms with van der Waals surface area (Å²) < 4.78 is 0. The number of nitrogens with zero attached hydrogens (tertiary/aromatic N) is 1. The summed E-state index contributed by atoms with van der Waals surface area (Å²) in [6.45, 7) is 2.83. The van der Waals surface area contributed by atoms with Crippen LogP contribution in [0.15, 0.2) is 48.5 Å². The van der Waals surface area contributed by atoms with Gasteiger partial charge in [0.05, 0.1) is 6.04 Å². The largest absolute Gasteiger partial charge is 0.356 e. The van der Waals surface area contributed by atoms with E-state index in [1.54, 1.807) is 0 Å². The molecule has 0 saturated heterocycles. The average Bonchev–Trinajstić information content (AvgIpc) is 3.43. The molecule has 0 unspecified atom stereocenters. The molecule has 1 amide bonds. The molecule has 4 heteroatoms. The Bertz CT molecular complexity index is 1000. The van der Waals surface area contributed by atoms with E-state index in [0.717, 1.165) is 34.6 Å². The maximum Gasteiger partial charge on any atom is 0.226 e. The van der Waals surface area contributed by atoms with Crippen molar-refractivity contribution in [2.75, 3.05) is 6.54 Å². The van der Waals surface area contributed by atoms with Crippen LogP contribution in [0.4, 0.5) is 0 Å². The number of aromatic nitrogens is 1.